The predicted molar refractivity (Wildman–Crippen MR) is 128 cm³/mol. The zero-order valence-corrected chi connectivity index (χ0v) is 20.8. The van der Waals surface area contributed by atoms with Gasteiger partial charge >= 0.3 is 10.2 Å². The monoisotopic (exact) mass is 494 g/mol. The summed E-state index contributed by atoms with van der Waals surface area (Å²) < 4.78 is 46.7. The minimum Gasteiger partial charge on any atom is -0.497 e. The van der Waals surface area contributed by atoms with Crippen LogP contribution in [-0.2, 0) is 26.3 Å². The molecule has 186 valence electrons. The van der Waals surface area contributed by atoms with E-state index in [1.807, 2.05) is 0 Å². The molecule has 1 N–H and O–H groups in total. The van der Waals surface area contributed by atoms with Crippen LogP contribution in [0.4, 0.5) is 10.1 Å². The molecule has 0 aliphatic carbocycles. The summed E-state index contributed by atoms with van der Waals surface area (Å²) in [4.78, 5) is 27.5. The highest BCUT2D eigenvalue weighted by Gasteiger charge is 2.33. The predicted octanol–water partition coefficient (Wildman–Crippen LogP) is 2.00. The van der Waals surface area contributed by atoms with E-state index in [0.717, 1.165) is 20.7 Å². The van der Waals surface area contributed by atoms with Gasteiger partial charge in [0.2, 0.25) is 11.8 Å². The van der Waals surface area contributed by atoms with E-state index in [2.05, 4.69) is 5.32 Å². The average molecular weight is 495 g/mol. The van der Waals surface area contributed by atoms with Crippen LogP contribution in [0.5, 0.6) is 5.75 Å². The molecule has 0 fully saturated rings. The van der Waals surface area contributed by atoms with Crippen LogP contribution in [0.2, 0.25) is 0 Å². The van der Waals surface area contributed by atoms with E-state index in [1.165, 1.54) is 45.3 Å². The summed E-state index contributed by atoms with van der Waals surface area (Å²) in [5.74, 6) is -0.917. The minimum absolute atomic E-state index is 0.0568. The first-order valence-corrected chi connectivity index (χ1v) is 12.0. The third kappa shape index (κ3) is 6.45. The Morgan fingerprint density at radius 1 is 1.12 bits per heavy atom. The Balaban J connectivity index is 2.49. The zero-order chi connectivity index (χ0) is 25.5. The highest BCUT2D eigenvalue weighted by molar-refractivity contribution is 7.90. The lowest BCUT2D eigenvalue weighted by Gasteiger charge is -2.33. The third-order valence-electron chi connectivity index (χ3n) is 5.25. The molecule has 0 aliphatic rings. The van der Waals surface area contributed by atoms with Crippen molar-refractivity contribution in [3.63, 3.8) is 0 Å². The maximum absolute atomic E-state index is 13.6. The van der Waals surface area contributed by atoms with Crippen LogP contribution in [0.25, 0.3) is 0 Å². The van der Waals surface area contributed by atoms with Gasteiger partial charge in [0.15, 0.2) is 0 Å². The van der Waals surface area contributed by atoms with Crippen molar-refractivity contribution in [2.45, 2.75) is 25.9 Å². The lowest BCUT2D eigenvalue weighted by molar-refractivity contribution is -0.140. The molecule has 0 bridgehead atoms. The molecule has 11 heteroatoms. The standard InChI is InChI=1S/C23H31FN4O5S/c1-6-21(23(30)25-2)27(15-17-8-7-9-20(14-17)33-5)22(29)16-28(34(31,32)26(3)4)19-12-10-18(24)11-13-19/h7-14,21H,6,15-16H2,1-5H3,(H,25,30). The first kappa shape index (κ1) is 27.1. The number of anilines is 1. The Morgan fingerprint density at radius 2 is 1.76 bits per heavy atom. The number of benzene rings is 2. The molecule has 0 saturated carbocycles. The molecule has 0 spiro atoms. The van der Waals surface area contributed by atoms with Crippen molar-refractivity contribution in [2.75, 3.05) is 39.1 Å². The molecule has 2 aromatic carbocycles. The Kier molecular flexibility index (Phi) is 9.39. The van der Waals surface area contributed by atoms with Crippen molar-refractivity contribution in [3.05, 3.63) is 59.9 Å². The van der Waals surface area contributed by atoms with Crippen LogP contribution in [-0.4, -0.2) is 70.3 Å². The van der Waals surface area contributed by atoms with E-state index in [1.54, 1.807) is 31.2 Å². The van der Waals surface area contributed by atoms with Crippen LogP contribution in [0, 0.1) is 5.82 Å². The second-order valence-electron chi connectivity index (χ2n) is 7.68. The molecule has 1 unspecified atom stereocenters. The fraction of sp³-hybridized carbons (Fsp3) is 0.391. The number of ether oxygens (including phenoxy) is 1. The van der Waals surface area contributed by atoms with Gasteiger partial charge in [-0.15, -0.1) is 0 Å². The number of methoxy groups -OCH3 is 1. The van der Waals surface area contributed by atoms with E-state index < -0.39 is 34.5 Å². The van der Waals surface area contributed by atoms with Gasteiger partial charge in [-0.2, -0.15) is 12.7 Å². The van der Waals surface area contributed by atoms with Gasteiger partial charge in [0.1, 0.15) is 24.2 Å². The normalized spacial score (nSPS) is 12.2. The van der Waals surface area contributed by atoms with Crippen molar-refractivity contribution < 1.29 is 27.1 Å². The van der Waals surface area contributed by atoms with Crippen molar-refractivity contribution >= 4 is 27.7 Å². The molecule has 0 aromatic heterocycles. The number of nitrogens with zero attached hydrogens (tertiary/aromatic N) is 3. The molecule has 0 radical (unpaired) electrons. The molecule has 1 atom stereocenters. The number of halogens is 1. The Bertz CT molecular complexity index is 1090. The number of carbonyl (C=O) groups excluding carboxylic acids is 2. The van der Waals surface area contributed by atoms with Crippen LogP contribution in [0.1, 0.15) is 18.9 Å². The molecule has 0 saturated heterocycles. The van der Waals surface area contributed by atoms with Gasteiger partial charge in [0.05, 0.1) is 12.8 Å². The van der Waals surface area contributed by atoms with E-state index in [0.29, 0.717) is 17.7 Å². The maximum atomic E-state index is 13.6. The van der Waals surface area contributed by atoms with Crippen molar-refractivity contribution in [2.24, 2.45) is 0 Å². The molecule has 2 aromatic rings. The number of carbonyl (C=O) groups is 2. The Morgan fingerprint density at radius 3 is 2.29 bits per heavy atom. The molecule has 0 aliphatic heterocycles. The number of amides is 2. The molecule has 2 amide bonds. The highest BCUT2D eigenvalue weighted by atomic mass is 32.2. The summed E-state index contributed by atoms with van der Waals surface area (Å²) in [6, 6.07) is 11.0. The van der Waals surface area contributed by atoms with E-state index in [-0.39, 0.29) is 18.1 Å². The maximum Gasteiger partial charge on any atom is 0.304 e. The van der Waals surface area contributed by atoms with Crippen molar-refractivity contribution in [3.8, 4) is 5.75 Å². The molecule has 2 rings (SSSR count). The topological polar surface area (TPSA) is 99.3 Å². The number of rotatable bonds is 11. The lowest BCUT2D eigenvalue weighted by Crippen LogP contribution is -2.52. The van der Waals surface area contributed by atoms with Crippen molar-refractivity contribution in [1.82, 2.24) is 14.5 Å². The second-order valence-corrected chi connectivity index (χ2v) is 9.75. The van der Waals surface area contributed by atoms with Gasteiger partial charge in [0.25, 0.3) is 0 Å². The number of hydrogen-bond acceptors (Lipinski definition) is 5. The first-order valence-electron chi connectivity index (χ1n) is 10.6. The zero-order valence-electron chi connectivity index (χ0n) is 20.0. The fourth-order valence-electron chi connectivity index (χ4n) is 3.38. The minimum atomic E-state index is -4.10. The van der Waals surface area contributed by atoms with Gasteiger partial charge < -0.3 is 15.0 Å². The molecule has 0 heterocycles. The summed E-state index contributed by atoms with van der Waals surface area (Å²) in [7, 11) is 1.57. The summed E-state index contributed by atoms with van der Waals surface area (Å²) in [6.07, 6.45) is 0.312. The first-order chi connectivity index (χ1) is 16.0. The highest BCUT2D eigenvalue weighted by Crippen LogP contribution is 2.22. The summed E-state index contributed by atoms with van der Waals surface area (Å²) >= 11 is 0. The van der Waals surface area contributed by atoms with E-state index in [4.69, 9.17) is 4.74 Å². The van der Waals surface area contributed by atoms with Gasteiger partial charge in [0, 0.05) is 27.7 Å². The number of nitrogens with one attached hydrogen (secondary N) is 1. The molecular weight excluding hydrogens is 463 g/mol. The van der Waals surface area contributed by atoms with Crippen LogP contribution >= 0.6 is 0 Å². The van der Waals surface area contributed by atoms with Crippen LogP contribution in [0.15, 0.2) is 48.5 Å². The lowest BCUT2D eigenvalue weighted by atomic mass is 10.1. The molecule has 9 nitrogen and oxygen atoms in total. The van der Waals surface area contributed by atoms with Gasteiger partial charge in [-0.05, 0) is 48.4 Å². The van der Waals surface area contributed by atoms with Gasteiger partial charge in [-0.3, -0.25) is 9.59 Å². The SMILES string of the molecule is CCC(C(=O)NC)N(Cc1cccc(OC)c1)C(=O)CN(c1ccc(F)cc1)S(=O)(=O)N(C)C. The average Bonchev–Trinajstić information content (AvgIpc) is 2.82. The molecular formula is C23H31FN4O5S. The second kappa shape index (κ2) is 11.8. The number of hydrogen-bond donors (Lipinski definition) is 1. The van der Waals surface area contributed by atoms with Crippen LogP contribution < -0.4 is 14.4 Å². The summed E-state index contributed by atoms with van der Waals surface area (Å²) in [5, 5.41) is 2.56. The fourth-order valence-corrected chi connectivity index (χ4v) is 4.43. The quantitative estimate of drug-likeness (QED) is 0.515. The third-order valence-corrected chi connectivity index (χ3v) is 7.07. The number of likely N-dealkylation sites (N-methyl/N-ethyl adjacent to an activating group) is 1. The largest absolute Gasteiger partial charge is 0.497 e. The smallest absolute Gasteiger partial charge is 0.304 e. The Hall–Kier alpha value is -3.18. The van der Waals surface area contributed by atoms with E-state index in [9.17, 15) is 22.4 Å². The summed E-state index contributed by atoms with van der Waals surface area (Å²) in [5.41, 5.74) is 0.830. The van der Waals surface area contributed by atoms with Crippen LogP contribution in [0.3, 0.4) is 0 Å². The van der Waals surface area contributed by atoms with Crippen molar-refractivity contribution in [1.29, 1.82) is 0 Å². The molecule has 34 heavy (non-hydrogen) atoms. The van der Waals surface area contributed by atoms with Gasteiger partial charge in [-0.1, -0.05) is 19.1 Å². The Labute approximate surface area is 200 Å². The van der Waals surface area contributed by atoms with E-state index >= 15 is 0 Å². The summed E-state index contributed by atoms with van der Waals surface area (Å²) in [6.45, 7) is 1.24. The van der Waals surface area contributed by atoms with Gasteiger partial charge in [-0.25, -0.2) is 8.70 Å².